The molecule has 112 valence electrons. The molecular formula is C20H14ClNO. The summed E-state index contributed by atoms with van der Waals surface area (Å²) in [5, 5.41) is 14.2. The SMILES string of the molecule is Oc1ccc2ccccc2c1Cc1ccc(Cl)c2cccnc12. The van der Waals surface area contributed by atoms with Gasteiger partial charge >= 0.3 is 0 Å². The summed E-state index contributed by atoms with van der Waals surface area (Å²) in [6, 6.07) is 19.5. The van der Waals surface area contributed by atoms with Gasteiger partial charge in [0.15, 0.2) is 0 Å². The van der Waals surface area contributed by atoms with Gasteiger partial charge in [-0.15, -0.1) is 0 Å². The van der Waals surface area contributed by atoms with Crippen molar-refractivity contribution >= 4 is 33.3 Å². The van der Waals surface area contributed by atoms with E-state index in [2.05, 4.69) is 11.1 Å². The predicted molar refractivity (Wildman–Crippen MR) is 95.2 cm³/mol. The molecule has 4 aromatic rings. The molecule has 0 fully saturated rings. The molecule has 3 heteroatoms. The number of rotatable bonds is 2. The summed E-state index contributed by atoms with van der Waals surface area (Å²) in [6.45, 7) is 0. The summed E-state index contributed by atoms with van der Waals surface area (Å²) in [5.74, 6) is 0.308. The van der Waals surface area contributed by atoms with Gasteiger partial charge in [-0.2, -0.15) is 0 Å². The highest BCUT2D eigenvalue weighted by Gasteiger charge is 2.11. The third-order valence-electron chi connectivity index (χ3n) is 4.18. The van der Waals surface area contributed by atoms with Gasteiger partial charge in [0.05, 0.1) is 5.52 Å². The first-order valence-corrected chi connectivity index (χ1v) is 7.83. The Bertz CT molecular complexity index is 1030. The van der Waals surface area contributed by atoms with Crippen molar-refractivity contribution < 1.29 is 5.11 Å². The third kappa shape index (κ3) is 2.41. The molecule has 0 unspecified atom stereocenters. The lowest BCUT2D eigenvalue weighted by Crippen LogP contribution is -1.94. The predicted octanol–water partition coefficient (Wildman–Crippen LogP) is 5.34. The molecule has 0 amide bonds. The lowest BCUT2D eigenvalue weighted by molar-refractivity contribution is 0.470. The number of aromatic hydroxyl groups is 1. The third-order valence-corrected chi connectivity index (χ3v) is 4.51. The van der Waals surface area contributed by atoms with Crippen molar-refractivity contribution in [2.45, 2.75) is 6.42 Å². The molecule has 0 atom stereocenters. The van der Waals surface area contributed by atoms with Crippen LogP contribution in [-0.2, 0) is 6.42 Å². The zero-order valence-electron chi connectivity index (χ0n) is 12.3. The van der Waals surface area contributed by atoms with Gasteiger partial charge in [0.25, 0.3) is 0 Å². The first-order valence-electron chi connectivity index (χ1n) is 7.46. The number of nitrogens with zero attached hydrogens (tertiary/aromatic N) is 1. The van der Waals surface area contributed by atoms with Crippen LogP contribution >= 0.6 is 11.6 Å². The second-order valence-corrected chi connectivity index (χ2v) is 5.97. The fourth-order valence-corrected chi connectivity index (χ4v) is 3.26. The van der Waals surface area contributed by atoms with Crippen LogP contribution in [0.25, 0.3) is 21.7 Å². The molecule has 4 rings (SSSR count). The normalized spacial score (nSPS) is 11.2. The number of aromatic nitrogens is 1. The van der Waals surface area contributed by atoms with E-state index in [1.54, 1.807) is 12.3 Å². The van der Waals surface area contributed by atoms with Crippen LogP contribution in [0.1, 0.15) is 11.1 Å². The highest BCUT2D eigenvalue weighted by atomic mass is 35.5. The summed E-state index contributed by atoms with van der Waals surface area (Å²) >= 11 is 6.27. The Morgan fingerprint density at radius 1 is 0.870 bits per heavy atom. The summed E-state index contributed by atoms with van der Waals surface area (Å²) in [6.07, 6.45) is 2.38. The van der Waals surface area contributed by atoms with Crippen LogP contribution in [0, 0.1) is 0 Å². The molecule has 1 N–H and O–H groups in total. The fraction of sp³-hybridized carbons (Fsp3) is 0.0500. The van der Waals surface area contributed by atoms with Gasteiger partial charge < -0.3 is 5.11 Å². The molecule has 0 radical (unpaired) electrons. The Labute approximate surface area is 139 Å². The largest absolute Gasteiger partial charge is 0.508 e. The van der Waals surface area contributed by atoms with E-state index < -0.39 is 0 Å². The molecule has 0 aliphatic heterocycles. The van der Waals surface area contributed by atoms with Crippen LogP contribution in [0.15, 0.2) is 66.9 Å². The van der Waals surface area contributed by atoms with Crippen molar-refractivity contribution in [3.8, 4) is 5.75 Å². The minimum absolute atomic E-state index is 0.308. The summed E-state index contributed by atoms with van der Waals surface area (Å²) in [7, 11) is 0. The minimum Gasteiger partial charge on any atom is -0.508 e. The lowest BCUT2D eigenvalue weighted by Gasteiger charge is -2.11. The van der Waals surface area contributed by atoms with Crippen molar-refractivity contribution in [2.24, 2.45) is 0 Å². The molecule has 0 aliphatic rings. The maximum Gasteiger partial charge on any atom is 0.119 e. The molecule has 2 nitrogen and oxygen atoms in total. The highest BCUT2D eigenvalue weighted by Crippen LogP contribution is 2.32. The van der Waals surface area contributed by atoms with Gasteiger partial charge in [0.2, 0.25) is 0 Å². The van der Waals surface area contributed by atoms with Crippen molar-refractivity contribution in [2.75, 3.05) is 0 Å². The minimum atomic E-state index is 0.308. The number of hydrogen-bond acceptors (Lipinski definition) is 2. The second-order valence-electron chi connectivity index (χ2n) is 5.57. The molecule has 0 saturated carbocycles. The molecule has 0 saturated heterocycles. The number of benzene rings is 3. The average Bonchev–Trinajstić information content (AvgIpc) is 2.60. The number of fused-ring (bicyclic) bond motifs is 2. The average molecular weight is 320 g/mol. The fourth-order valence-electron chi connectivity index (χ4n) is 3.04. The van der Waals surface area contributed by atoms with E-state index in [0.29, 0.717) is 17.2 Å². The Balaban J connectivity index is 1.92. The summed E-state index contributed by atoms with van der Waals surface area (Å²) < 4.78 is 0. The molecule has 0 aliphatic carbocycles. The van der Waals surface area contributed by atoms with Crippen LogP contribution < -0.4 is 0 Å². The monoisotopic (exact) mass is 319 g/mol. The van der Waals surface area contributed by atoms with Gasteiger partial charge in [-0.1, -0.05) is 48.0 Å². The molecule has 1 heterocycles. The van der Waals surface area contributed by atoms with E-state index in [-0.39, 0.29) is 0 Å². The van der Waals surface area contributed by atoms with E-state index >= 15 is 0 Å². The molecule has 0 bridgehead atoms. The van der Waals surface area contributed by atoms with Crippen LogP contribution in [-0.4, -0.2) is 10.1 Å². The number of hydrogen-bond donors (Lipinski definition) is 1. The van der Waals surface area contributed by atoms with Gasteiger partial charge in [-0.3, -0.25) is 4.98 Å². The van der Waals surface area contributed by atoms with Crippen LogP contribution in [0.3, 0.4) is 0 Å². The van der Waals surface area contributed by atoms with E-state index in [1.165, 1.54) is 0 Å². The standard InChI is InChI=1S/C20H14ClNO/c21-18-9-7-14(20-16(18)6-3-11-22-20)12-17-15-5-2-1-4-13(15)8-10-19(17)23/h1-11,23H,12H2. The second kappa shape index (κ2) is 5.56. The van der Waals surface area contributed by atoms with Crippen molar-refractivity contribution in [1.29, 1.82) is 0 Å². The Morgan fingerprint density at radius 3 is 2.61 bits per heavy atom. The van der Waals surface area contributed by atoms with Crippen molar-refractivity contribution in [3.63, 3.8) is 0 Å². The molecule has 1 aromatic heterocycles. The maximum absolute atomic E-state index is 10.4. The highest BCUT2D eigenvalue weighted by molar-refractivity contribution is 6.35. The topological polar surface area (TPSA) is 33.1 Å². The zero-order chi connectivity index (χ0) is 15.8. The molecule has 23 heavy (non-hydrogen) atoms. The van der Waals surface area contributed by atoms with Crippen LogP contribution in [0.4, 0.5) is 0 Å². The van der Waals surface area contributed by atoms with Gasteiger partial charge in [-0.05, 0) is 40.6 Å². The Hall–Kier alpha value is -2.58. The van der Waals surface area contributed by atoms with Gasteiger partial charge in [0, 0.05) is 28.6 Å². The van der Waals surface area contributed by atoms with E-state index in [9.17, 15) is 5.11 Å². The zero-order valence-corrected chi connectivity index (χ0v) is 13.1. The van der Waals surface area contributed by atoms with Gasteiger partial charge in [0.1, 0.15) is 5.75 Å². The van der Waals surface area contributed by atoms with Crippen molar-refractivity contribution in [1.82, 2.24) is 4.98 Å². The summed E-state index contributed by atoms with van der Waals surface area (Å²) in [5.41, 5.74) is 2.85. The Morgan fingerprint density at radius 2 is 1.70 bits per heavy atom. The van der Waals surface area contributed by atoms with E-state index in [1.807, 2.05) is 48.5 Å². The number of phenolic OH excluding ortho intramolecular Hbond substituents is 1. The number of phenols is 1. The van der Waals surface area contributed by atoms with Crippen LogP contribution in [0.5, 0.6) is 5.75 Å². The van der Waals surface area contributed by atoms with E-state index in [0.717, 1.165) is 32.8 Å². The van der Waals surface area contributed by atoms with E-state index in [4.69, 9.17) is 11.6 Å². The smallest absolute Gasteiger partial charge is 0.119 e. The quantitative estimate of drug-likeness (QED) is 0.541. The number of halogens is 1. The maximum atomic E-state index is 10.4. The van der Waals surface area contributed by atoms with Crippen LogP contribution in [0.2, 0.25) is 5.02 Å². The summed E-state index contributed by atoms with van der Waals surface area (Å²) in [4.78, 5) is 4.48. The van der Waals surface area contributed by atoms with Crippen molar-refractivity contribution in [3.05, 3.63) is 83.0 Å². The Kier molecular flexibility index (Phi) is 3.40. The molecule has 0 spiro atoms. The van der Waals surface area contributed by atoms with Gasteiger partial charge in [-0.25, -0.2) is 0 Å². The first-order chi connectivity index (χ1) is 11.2. The first kappa shape index (κ1) is 14.0. The molecule has 3 aromatic carbocycles. The molecular weight excluding hydrogens is 306 g/mol. The lowest BCUT2D eigenvalue weighted by atomic mass is 9.96. The number of pyridine rings is 1.